The van der Waals surface area contributed by atoms with Crippen molar-refractivity contribution in [3.05, 3.63) is 24.3 Å². The summed E-state index contributed by atoms with van der Waals surface area (Å²) in [5, 5.41) is 4.20. The van der Waals surface area contributed by atoms with Crippen LogP contribution in [0.4, 0.5) is 0 Å². The quantitative estimate of drug-likeness (QED) is 0.653. The molecule has 1 aliphatic carbocycles. The van der Waals surface area contributed by atoms with Gasteiger partial charge in [0.05, 0.1) is 18.1 Å². The minimum absolute atomic E-state index is 0.0506. The summed E-state index contributed by atoms with van der Waals surface area (Å²) in [6.07, 6.45) is 9.83. The molecule has 0 saturated heterocycles. The van der Waals surface area contributed by atoms with E-state index < -0.39 is 0 Å². The molecule has 0 bridgehead atoms. The van der Waals surface area contributed by atoms with E-state index in [4.69, 9.17) is 0 Å². The number of aromatic amines is 2. The number of nitrogens with zero attached hydrogens (tertiary/aromatic N) is 2. The van der Waals surface area contributed by atoms with Crippen LogP contribution >= 0.6 is 0 Å². The lowest BCUT2D eigenvalue weighted by molar-refractivity contribution is -0.121. The lowest BCUT2D eigenvalue weighted by Gasteiger charge is -2.30. The van der Waals surface area contributed by atoms with Crippen LogP contribution < -0.4 is 5.32 Å². The fourth-order valence-electron chi connectivity index (χ4n) is 4.25. The molecule has 0 spiro atoms. The van der Waals surface area contributed by atoms with E-state index in [9.17, 15) is 4.79 Å². The smallest absolute Gasteiger partial charge is 0.227 e. The third-order valence-electron chi connectivity index (χ3n) is 5.44. The van der Waals surface area contributed by atoms with Crippen molar-refractivity contribution < 1.29 is 4.79 Å². The van der Waals surface area contributed by atoms with Gasteiger partial charge >= 0.3 is 0 Å². The highest BCUT2D eigenvalue weighted by Crippen LogP contribution is 2.29. The molecule has 1 saturated carbocycles. The van der Waals surface area contributed by atoms with Gasteiger partial charge in [0.1, 0.15) is 17.0 Å². The van der Waals surface area contributed by atoms with Crippen LogP contribution in [0, 0.1) is 11.8 Å². The number of hydrogen-bond acceptors (Lipinski definition) is 3. The molecule has 4 rings (SSSR count). The van der Waals surface area contributed by atoms with Crippen LogP contribution in [0.25, 0.3) is 22.1 Å². The number of fused-ring (bicyclic) bond motifs is 3. The normalized spacial score (nSPS) is 20.9. The average molecular weight is 353 g/mol. The molecule has 0 aliphatic heterocycles. The molecular formula is C20H27N5O. The highest BCUT2D eigenvalue weighted by Gasteiger charge is 2.23. The van der Waals surface area contributed by atoms with E-state index in [0.717, 1.165) is 46.7 Å². The largest absolute Gasteiger partial charge is 0.353 e. The first kappa shape index (κ1) is 17.1. The second-order valence-electron chi connectivity index (χ2n) is 8.03. The zero-order valence-electron chi connectivity index (χ0n) is 15.5. The number of pyridine rings is 1. The maximum atomic E-state index is 12.4. The lowest BCUT2D eigenvalue weighted by atomic mass is 9.81. The van der Waals surface area contributed by atoms with E-state index in [0.29, 0.717) is 11.9 Å². The Labute approximate surface area is 153 Å². The van der Waals surface area contributed by atoms with Crippen LogP contribution in [0.3, 0.4) is 0 Å². The van der Waals surface area contributed by atoms with Gasteiger partial charge in [0.2, 0.25) is 5.91 Å². The van der Waals surface area contributed by atoms with Crippen LogP contribution in [-0.2, 0) is 11.2 Å². The van der Waals surface area contributed by atoms with Crippen molar-refractivity contribution in [1.82, 2.24) is 25.3 Å². The zero-order chi connectivity index (χ0) is 18.1. The Morgan fingerprint density at radius 3 is 2.88 bits per heavy atom. The Bertz CT molecular complexity index is 901. The minimum Gasteiger partial charge on any atom is -0.353 e. The van der Waals surface area contributed by atoms with Crippen molar-refractivity contribution in [2.45, 2.75) is 58.4 Å². The number of imidazole rings is 1. The number of H-pyrrole nitrogens is 2. The second-order valence-corrected chi connectivity index (χ2v) is 8.03. The summed E-state index contributed by atoms with van der Waals surface area (Å²) in [4.78, 5) is 27.7. The molecule has 1 fully saturated rings. The summed E-state index contributed by atoms with van der Waals surface area (Å²) >= 11 is 0. The monoisotopic (exact) mass is 353 g/mol. The first-order chi connectivity index (χ1) is 12.6. The molecule has 6 nitrogen and oxygen atoms in total. The minimum atomic E-state index is 0.0506. The molecule has 3 aromatic rings. The van der Waals surface area contributed by atoms with E-state index in [1.54, 1.807) is 6.20 Å². The van der Waals surface area contributed by atoms with E-state index in [1.165, 1.54) is 19.3 Å². The maximum absolute atomic E-state index is 12.4. The molecule has 138 valence electrons. The van der Waals surface area contributed by atoms with Gasteiger partial charge in [-0.15, -0.1) is 0 Å². The molecule has 3 N–H and O–H groups in total. The SMILES string of the molecule is CC(C)CC1CCC(NC(=O)Cc2nc3cnc4[nH]ccc4c3[nH]2)CC1. The topological polar surface area (TPSA) is 86.5 Å². The van der Waals surface area contributed by atoms with Gasteiger partial charge < -0.3 is 15.3 Å². The average Bonchev–Trinajstić information content (AvgIpc) is 3.21. The van der Waals surface area contributed by atoms with Crippen molar-refractivity contribution in [3.63, 3.8) is 0 Å². The molecule has 3 heterocycles. The standard InChI is InChI=1S/C20H27N5O/c1-12(2)9-13-3-5-14(6-4-13)23-18(26)10-17-24-16-11-22-20-15(7-8-21-20)19(16)25-17/h7-8,11-14H,3-6,9-10H2,1-2H3,(H,21,22)(H,23,26)(H,24,25). The number of amides is 1. The third-order valence-corrected chi connectivity index (χ3v) is 5.44. The van der Waals surface area contributed by atoms with Crippen molar-refractivity contribution in [3.8, 4) is 0 Å². The van der Waals surface area contributed by atoms with E-state index in [2.05, 4.69) is 39.1 Å². The molecule has 0 radical (unpaired) electrons. The molecular weight excluding hydrogens is 326 g/mol. The van der Waals surface area contributed by atoms with Gasteiger partial charge in [-0.2, -0.15) is 0 Å². The number of carbonyl (C=O) groups excluding carboxylic acids is 1. The predicted octanol–water partition coefficient (Wildman–Crippen LogP) is 3.70. The summed E-state index contributed by atoms with van der Waals surface area (Å²) in [6, 6.07) is 2.29. The molecule has 6 heteroatoms. The second kappa shape index (κ2) is 7.09. The Morgan fingerprint density at radius 1 is 1.31 bits per heavy atom. The number of carbonyl (C=O) groups is 1. The van der Waals surface area contributed by atoms with Crippen LogP contribution in [-0.4, -0.2) is 31.9 Å². The van der Waals surface area contributed by atoms with Gasteiger partial charge in [0, 0.05) is 17.6 Å². The van der Waals surface area contributed by atoms with E-state index in [1.807, 2.05) is 12.3 Å². The fourth-order valence-corrected chi connectivity index (χ4v) is 4.25. The molecule has 0 atom stereocenters. The number of nitrogens with one attached hydrogen (secondary N) is 3. The van der Waals surface area contributed by atoms with E-state index >= 15 is 0 Å². The van der Waals surface area contributed by atoms with Crippen molar-refractivity contribution in [2.75, 3.05) is 0 Å². The molecule has 0 unspecified atom stereocenters. The van der Waals surface area contributed by atoms with Crippen LogP contribution in [0.2, 0.25) is 0 Å². The highest BCUT2D eigenvalue weighted by atomic mass is 16.1. The number of rotatable bonds is 5. The fraction of sp³-hybridized carbons (Fsp3) is 0.550. The van der Waals surface area contributed by atoms with Crippen LogP contribution in [0.5, 0.6) is 0 Å². The highest BCUT2D eigenvalue weighted by molar-refractivity contribution is 6.00. The third kappa shape index (κ3) is 3.59. The Kier molecular flexibility index (Phi) is 4.66. The number of aromatic nitrogens is 4. The van der Waals surface area contributed by atoms with Crippen molar-refractivity contribution in [1.29, 1.82) is 0 Å². The van der Waals surface area contributed by atoms with Gasteiger partial charge in [0.15, 0.2) is 0 Å². The van der Waals surface area contributed by atoms with Gasteiger partial charge in [-0.05, 0) is 50.0 Å². The number of hydrogen-bond donors (Lipinski definition) is 3. The van der Waals surface area contributed by atoms with Crippen LogP contribution in [0.1, 0.15) is 51.8 Å². The maximum Gasteiger partial charge on any atom is 0.227 e. The van der Waals surface area contributed by atoms with E-state index in [-0.39, 0.29) is 12.3 Å². The molecule has 26 heavy (non-hydrogen) atoms. The predicted molar refractivity (Wildman–Crippen MR) is 103 cm³/mol. The first-order valence-corrected chi connectivity index (χ1v) is 9.68. The van der Waals surface area contributed by atoms with Gasteiger partial charge in [-0.3, -0.25) is 4.79 Å². The zero-order valence-corrected chi connectivity index (χ0v) is 15.5. The summed E-state index contributed by atoms with van der Waals surface area (Å²) in [5.41, 5.74) is 2.57. The molecule has 0 aromatic carbocycles. The summed E-state index contributed by atoms with van der Waals surface area (Å²) in [7, 11) is 0. The Hall–Kier alpha value is -2.37. The summed E-state index contributed by atoms with van der Waals surface area (Å²) < 4.78 is 0. The van der Waals surface area contributed by atoms with Crippen molar-refractivity contribution in [2.24, 2.45) is 11.8 Å². The van der Waals surface area contributed by atoms with Crippen molar-refractivity contribution >= 4 is 28.0 Å². The van der Waals surface area contributed by atoms with Gasteiger partial charge in [-0.25, -0.2) is 9.97 Å². The van der Waals surface area contributed by atoms with Crippen LogP contribution in [0.15, 0.2) is 18.5 Å². The Morgan fingerprint density at radius 2 is 2.12 bits per heavy atom. The molecule has 1 amide bonds. The molecule has 3 aromatic heterocycles. The van der Waals surface area contributed by atoms with Gasteiger partial charge in [0.25, 0.3) is 0 Å². The summed E-state index contributed by atoms with van der Waals surface area (Å²) in [6.45, 7) is 4.58. The van der Waals surface area contributed by atoms with Gasteiger partial charge in [-0.1, -0.05) is 13.8 Å². The summed E-state index contributed by atoms with van der Waals surface area (Å²) in [5.74, 6) is 2.34. The Balaban J connectivity index is 1.36. The lowest BCUT2D eigenvalue weighted by Crippen LogP contribution is -2.38. The first-order valence-electron chi connectivity index (χ1n) is 9.68. The molecule has 1 aliphatic rings.